The lowest BCUT2D eigenvalue weighted by Crippen LogP contribution is -2.59. The van der Waals surface area contributed by atoms with E-state index >= 15 is 0 Å². The lowest BCUT2D eigenvalue weighted by atomic mass is 9.58. The molecule has 1 aliphatic rings. The summed E-state index contributed by atoms with van der Waals surface area (Å²) in [6.45, 7) is 8.29. The monoisotopic (exact) mass is 241 g/mol. The van der Waals surface area contributed by atoms with Gasteiger partial charge in [0.25, 0.3) is 0 Å². The van der Waals surface area contributed by atoms with Gasteiger partial charge in [-0.3, -0.25) is 4.79 Å². The highest BCUT2D eigenvalue weighted by Gasteiger charge is 2.54. The Morgan fingerprint density at radius 1 is 1.12 bits per heavy atom. The lowest BCUT2D eigenvalue weighted by Gasteiger charge is -2.52. The molecule has 1 fully saturated rings. The van der Waals surface area contributed by atoms with Gasteiger partial charge in [0.15, 0.2) is 0 Å². The topological polar surface area (TPSA) is 57.6 Å². The minimum atomic E-state index is -1.06. The number of carbonyl (C=O) groups is 2. The Bertz CT molecular complexity index is 318. The minimum absolute atomic E-state index is 0.0720. The Kier molecular flexibility index (Phi) is 3.29. The molecule has 0 aromatic heterocycles. The molecule has 0 bridgehead atoms. The molecule has 98 valence electrons. The third-order valence-electron chi connectivity index (χ3n) is 3.73. The first kappa shape index (κ1) is 14.0. The molecular formula is C13H23NO3. The molecule has 0 heterocycles. The summed E-state index contributed by atoms with van der Waals surface area (Å²) in [5, 5.41) is 9.55. The lowest BCUT2D eigenvalue weighted by molar-refractivity contribution is -0.163. The van der Waals surface area contributed by atoms with Crippen molar-refractivity contribution < 1.29 is 14.7 Å². The van der Waals surface area contributed by atoms with Crippen LogP contribution >= 0.6 is 0 Å². The number of amides is 1. The van der Waals surface area contributed by atoms with Gasteiger partial charge >= 0.3 is 5.97 Å². The normalized spacial score (nSPS) is 25.0. The summed E-state index contributed by atoms with van der Waals surface area (Å²) in [5.41, 5.74) is -1.21. The van der Waals surface area contributed by atoms with E-state index in [9.17, 15) is 14.7 Å². The maximum atomic E-state index is 11.7. The molecule has 4 nitrogen and oxygen atoms in total. The van der Waals surface area contributed by atoms with Gasteiger partial charge in [-0.1, -0.05) is 27.7 Å². The molecule has 0 aromatic carbocycles. The number of hydrogen-bond donors (Lipinski definition) is 1. The van der Waals surface area contributed by atoms with Gasteiger partial charge in [-0.05, 0) is 30.1 Å². The van der Waals surface area contributed by atoms with Crippen molar-refractivity contribution in [3.05, 3.63) is 0 Å². The fourth-order valence-corrected chi connectivity index (χ4v) is 3.72. The van der Waals surface area contributed by atoms with E-state index in [0.29, 0.717) is 19.3 Å². The molecule has 1 aliphatic carbocycles. The predicted octanol–water partition coefficient (Wildman–Crippen LogP) is 2.13. The third kappa shape index (κ3) is 2.61. The Morgan fingerprint density at radius 3 is 1.82 bits per heavy atom. The molecule has 0 unspecified atom stereocenters. The van der Waals surface area contributed by atoms with Crippen LogP contribution in [0.5, 0.6) is 0 Å². The van der Waals surface area contributed by atoms with Gasteiger partial charge in [-0.2, -0.15) is 0 Å². The third-order valence-corrected chi connectivity index (χ3v) is 3.73. The number of carboxylic acids is 1. The first-order valence-electron chi connectivity index (χ1n) is 5.96. The van der Waals surface area contributed by atoms with Crippen LogP contribution in [0.15, 0.2) is 0 Å². The highest BCUT2D eigenvalue weighted by Crippen LogP contribution is 2.51. The van der Waals surface area contributed by atoms with E-state index in [4.69, 9.17) is 0 Å². The SMILES string of the molecule is CN(C=O)C1(C(=O)O)CC(C)(C)CC(C)(C)C1. The van der Waals surface area contributed by atoms with Gasteiger partial charge in [-0.25, -0.2) is 4.79 Å². The summed E-state index contributed by atoms with van der Waals surface area (Å²) < 4.78 is 0. The Balaban J connectivity index is 3.22. The van der Waals surface area contributed by atoms with Gasteiger partial charge in [0.05, 0.1) is 0 Å². The zero-order chi connectivity index (χ0) is 13.5. The molecule has 0 spiro atoms. The maximum Gasteiger partial charge on any atom is 0.329 e. The smallest absolute Gasteiger partial charge is 0.329 e. The van der Waals surface area contributed by atoms with Crippen LogP contribution in [0.2, 0.25) is 0 Å². The summed E-state index contributed by atoms with van der Waals surface area (Å²) >= 11 is 0. The number of nitrogens with zero attached hydrogens (tertiary/aromatic N) is 1. The minimum Gasteiger partial charge on any atom is -0.479 e. The fourth-order valence-electron chi connectivity index (χ4n) is 3.72. The van der Waals surface area contributed by atoms with Crippen molar-refractivity contribution in [2.45, 2.75) is 52.5 Å². The van der Waals surface area contributed by atoms with E-state index in [1.165, 1.54) is 4.90 Å². The van der Waals surface area contributed by atoms with Gasteiger partial charge in [0.1, 0.15) is 5.54 Å². The molecule has 0 saturated heterocycles. The van der Waals surface area contributed by atoms with Crippen molar-refractivity contribution in [1.82, 2.24) is 4.90 Å². The number of hydrogen-bond acceptors (Lipinski definition) is 2. The van der Waals surface area contributed by atoms with Crippen molar-refractivity contribution in [2.24, 2.45) is 10.8 Å². The summed E-state index contributed by atoms with van der Waals surface area (Å²) in [7, 11) is 1.57. The Morgan fingerprint density at radius 2 is 1.53 bits per heavy atom. The van der Waals surface area contributed by atoms with E-state index in [1.807, 2.05) is 0 Å². The van der Waals surface area contributed by atoms with Gasteiger partial charge in [0.2, 0.25) is 6.41 Å². The summed E-state index contributed by atoms with van der Waals surface area (Å²) in [6.07, 6.45) is 2.62. The Labute approximate surface area is 103 Å². The molecule has 17 heavy (non-hydrogen) atoms. The van der Waals surface area contributed by atoms with E-state index in [-0.39, 0.29) is 10.8 Å². The van der Waals surface area contributed by atoms with Crippen LogP contribution in [-0.4, -0.2) is 35.0 Å². The predicted molar refractivity (Wildman–Crippen MR) is 65.6 cm³/mol. The first-order valence-corrected chi connectivity index (χ1v) is 5.96. The molecule has 0 atom stereocenters. The number of likely N-dealkylation sites (N-methyl/N-ethyl adjacent to an activating group) is 1. The van der Waals surface area contributed by atoms with Gasteiger partial charge in [-0.15, -0.1) is 0 Å². The van der Waals surface area contributed by atoms with Crippen LogP contribution in [0, 0.1) is 10.8 Å². The fraction of sp³-hybridized carbons (Fsp3) is 0.846. The van der Waals surface area contributed by atoms with Crippen LogP contribution in [0.25, 0.3) is 0 Å². The average molecular weight is 241 g/mol. The molecule has 1 rings (SSSR count). The molecule has 0 aliphatic heterocycles. The van der Waals surface area contributed by atoms with Gasteiger partial charge in [0, 0.05) is 7.05 Å². The Hall–Kier alpha value is -1.06. The number of rotatable bonds is 3. The second kappa shape index (κ2) is 4.00. The van der Waals surface area contributed by atoms with Crippen molar-refractivity contribution in [2.75, 3.05) is 7.05 Å². The summed E-state index contributed by atoms with van der Waals surface area (Å²) in [4.78, 5) is 24.0. The van der Waals surface area contributed by atoms with Crippen molar-refractivity contribution >= 4 is 12.4 Å². The van der Waals surface area contributed by atoms with Crippen LogP contribution in [0.4, 0.5) is 0 Å². The second-order valence-corrected chi connectivity index (χ2v) is 6.91. The summed E-state index contributed by atoms with van der Waals surface area (Å²) in [6, 6.07) is 0. The van der Waals surface area contributed by atoms with Crippen molar-refractivity contribution in [3.8, 4) is 0 Å². The zero-order valence-electron chi connectivity index (χ0n) is 11.4. The molecule has 4 heteroatoms. The molecule has 0 radical (unpaired) electrons. The van der Waals surface area contributed by atoms with E-state index < -0.39 is 11.5 Å². The zero-order valence-corrected chi connectivity index (χ0v) is 11.4. The van der Waals surface area contributed by atoms with E-state index in [1.54, 1.807) is 7.05 Å². The molecule has 1 saturated carbocycles. The molecule has 1 N–H and O–H groups in total. The summed E-state index contributed by atoms with van der Waals surface area (Å²) in [5.74, 6) is -0.895. The number of carboxylic acid groups (broad SMARTS) is 1. The molecular weight excluding hydrogens is 218 g/mol. The second-order valence-electron chi connectivity index (χ2n) is 6.91. The average Bonchev–Trinajstić information content (AvgIpc) is 2.11. The van der Waals surface area contributed by atoms with Crippen LogP contribution < -0.4 is 0 Å². The quantitative estimate of drug-likeness (QED) is 0.770. The van der Waals surface area contributed by atoms with E-state index in [2.05, 4.69) is 27.7 Å². The molecule has 0 aromatic rings. The van der Waals surface area contributed by atoms with Crippen LogP contribution in [0.3, 0.4) is 0 Å². The van der Waals surface area contributed by atoms with Crippen molar-refractivity contribution in [1.29, 1.82) is 0 Å². The van der Waals surface area contributed by atoms with Crippen LogP contribution in [-0.2, 0) is 9.59 Å². The number of aliphatic carboxylic acids is 1. The van der Waals surface area contributed by atoms with Crippen molar-refractivity contribution in [3.63, 3.8) is 0 Å². The largest absolute Gasteiger partial charge is 0.479 e. The van der Waals surface area contributed by atoms with Crippen LogP contribution in [0.1, 0.15) is 47.0 Å². The highest BCUT2D eigenvalue weighted by atomic mass is 16.4. The highest BCUT2D eigenvalue weighted by molar-refractivity contribution is 5.81. The first-order chi connectivity index (χ1) is 7.55. The molecule has 1 amide bonds. The number of carbonyl (C=O) groups excluding carboxylic acids is 1. The standard InChI is InChI=1S/C13H23NO3/c1-11(2)6-12(3,4)8-13(7-11,10(16)17)14(5)9-15/h9H,6-8H2,1-5H3,(H,16,17). The van der Waals surface area contributed by atoms with Gasteiger partial charge < -0.3 is 10.0 Å². The van der Waals surface area contributed by atoms with E-state index in [0.717, 1.165) is 6.42 Å². The maximum absolute atomic E-state index is 11.7.